The molecule has 5 fully saturated rings. The number of hydrogen-bond acceptors (Lipinski definition) is 6. The molecule has 0 aromatic rings. The highest BCUT2D eigenvalue weighted by Gasteiger charge is 2.79. The highest BCUT2D eigenvalue weighted by Crippen LogP contribution is 2.72. The van der Waals surface area contributed by atoms with Crippen LogP contribution in [-0.2, 0) is 28.5 Å². The van der Waals surface area contributed by atoms with E-state index >= 15 is 0 Å². The lowest BCUT2D eigenvalue weighted by molar-refractivity contribution is -0.256. The monoisotopic (exact) mass is 430 g/mol. The molecule has 4 aliphatic carbocycles. The molecule has 170 valence electrons. The Balaban J connectivity index is 1.46. The maximum absolute atomic E-state index is 14.0. The van der Waals surface area contributed by atoms with Gasteiger partial charge in [0, 0.05) is 24.2 Å². The van der Waals surface area contributed by atoms with Gasteiger partial charge in [0.25, 0.3) is 0 Å². The number of hydrogen-bond donors (Lipinski definition) is 0. The summed E-state index contributed by atoms with van der Waals surface area (Å²) in [6.07, 6.45) is 5.65. The summed E-state index contributed by atoms with van der Waals surface area (Å²) in [5, 5.41) is 0. The zero-order valence-corrected chi connectivity index (χ0v) is 19.1. The Morgan fingerprint density at radius 1 is 1.03 bits per heavy atom. The van der Waals surface area contributed by atoms with Gasteiger partial charge < -0.3 is 18.9 Å². The minimum Gasteiger partial charge on any atom is -0.350 e. The fourth-order valence-corrected chi connectivity index (χ4v) is 9.34. The molecule has 9 atom stereocenters. The molecule has 2 spiro atoms. The van der Waals surface area contributed by atoms with Crippen molar-refractivity contribution in [3.63, 3.8) is 0 Å². The number of carbonyl (C=O) groups is 2. The van der Waals surface area contributed by atoms with Crippen LogP contribution in [-0.4, -0.2) is 43.1 Å². The molecule has 0 aromatic carbocycles. The molecular weight excluding hydrogens is 396 g/mol. The lowest BCUT2D eigenvalue weighted by Gasteiger charge is -2.60. The highest BCUT2D eigenvalue weighted by atomic mass is 16.9. The molecule has 0 bridgehead atoms. The Kier molecular flexibility index (Phi) is 4.16. The molecule has 6 rings (SSSR count). The van der Waals surface area contributed by atoms with Gasteiger partial charge in [0.2, 0.25) is 5.79 Å². The summed E-state index contributed by atoms with van der Waals surface area (Å²) in [6, 6.07) is 0. The number of ketones is 2. The summed E-state index contributed by atoms with van der Waals surface area (Å²) in [5.41, 5.74) is -0.0285. The summed E-state index contributed by atoms with van der Waals surface area (Å²) in [5.74, 6) is 0.781. The Morgan fingerprint density at radius 3 is 2.55 bits per heavy atom. The minimum absolute atomic E-state index is 0.0116. The van der Waals surface area contributed by atoms with Crippen molar-refractivity contribution in [2.45, 2.75) is 71.2 Å². The van der Waals surface area contributed by atoms with Gasteiger partial charge in [0.15, 0.2) is 19.4 Å². The number of fused-ring (bicyclic) bond motifs is 7. The van der Waals surface area contributed by atoms with Crippen molar-refractivity contribution in [3.8, 4) is 0 Å². The van der Waals surface area contributed by atoms with Crippen molar-refractivity contribution in [3.05, 3.63) is 11.6 Å². The van der Waals surface area contributed by atoms with Crippen molar-refractivity contribution in [1.29, 1.82) is 0 Å². The summed E-state index contributed by atoms with van der Waals surface area (Å²) in [6.45, 7) is 9.71. The summed E-state index contributed by atoms with van der Waals surface area (Å²) < 4.78 is 24.3. The third-order valence-corrected chi connectivity index (χ3v) is 10.3. The van der Waals surface area contributed by atoms with Crippen LogP contribution in [0.25, 0.3) is 0 Å². The molecule has 0 radical (unpaired) electrons. The van der Waals surface area contributed by atoms with Crippen LogP contribution in [0.4, 0.5) is 0 Å². The predicted molar refractivity (Wildman–Crippen MR) is 111 cm³/mol. The zero-order valence-electron chi connectivity index (χ0n) is 19.1. The maximum Gasteiger partial charge on any atom is 0.227 e. The first-order chi connectivity index (χ1) is 14.7. The first kappa shape index (κ1) is 20.5. The lowest BCUT2D eigenvalue weighted by atomic mass is 9.44. The first-order valence-corrected chi connectivity index (χ1v) is 12.0. The highest BCUT2D eigenvalue weighted by molar-refractivity contribution is 5.93. The SMILES string of the molecule is C[C@@H]1CC2C3C[C@H](C)C4=CC(=O)CC[C@]4(C)[C@H]3C(=O)C[C@]2(C)C12OCOC21COCO1. The zero-order chi connectivity index (χ0) is 21.8. The van der Waals surface area contributed by atoms with Crippen LogP contribution in [0.3, 0.4) is 0 Å². The van der Waals surface area contributed by atoms with E-state index in [0.717, 1.165) is 19.3 Å². The standard InChI is InChI=1S/C25H34O6/c1-14-7-17-19-8-15(2)25(24(30-13-31-25)11-28-12-29-24)23(19,4)10-20(27)21(17)22(3)6-5-16(26)9-18(14)22/h9,14-15,17,19,21H,5-8,10-13H2,1-4H3/t14-,15+,17?,19?,21+,22-,23-,24?,25?/m0/s1. The van der Waals surface area contributed by atoms with Crippen molar-refractivity contribution in [2.24, 2.45) is 40.4 Å². The molecule has 2 saturated heterocycles. The van der Waals surface area contributed by atoms with E-state index in [1.54, 1.807) is 0 Å². The normalized spacial score (nSPS) is 56.0. The molecule has 2 aliphatic heterocycles. The Labute approximate surface area is 184 Å². The quantitative estimate of drug-likeness (QED) is 0.584. The van der Waals surface area contributed by atoms with Gasteiger partial charge in [0.1, 0.15) is 18.0 Å². The van der Waals surface area contributed by atoms with Crippen molar-refractivity contribution in [1.82, 2.24) is 0 Å². The fourth-order valence-electron chi connectivity index (χ4n) is 9.34. The first-order valence-electron chi connectivity index (χ1n) is 12.0. The van der Waals surface area contributed by atoms with Crippen LogP contribution in [0.15, 0.2) is 11.6 Å². The van der Waals surface area contributed by atoms with E-state index in [2.05, 4.69) is 27.7 Å². The molecule has 3 saturated carbocycles. The lowest BCUT2D eigenvalue weighted by Crippen LogP contribution is -2.67. The van der Waals surface area contributed by atoms with Crippen molar-refractivity contribution < 1.29 is 28.5 Å². The number of allylic oxidation sites excluding steroid dienone is 1. The van der Waals surface area contributed by atoms with Crippen LogP contribution >= 0.6 is 0 Å². The van der Waals surface area contributed by atoms with Crippen LogP contribution in [0, 0.1) is 40.4 Å². The summed E-state index contributed by atoms with van der Waals surface area (Å²) >= 11 is 0. The third kappa shape index (κ3) is 2.23. The Hall–Kier alpha value is -1.08. The van der Waals surface area contributed by atoms with E-state index in [-0.39, 0.29) is 42.0 Å². The number of Topliss-reactive ketones (excluding diaryl/α,β-unsaturated/α-hetero) is 1. The maximum atomic E-state index is 14.0. The van der Waals surface area contributed by atoms with Crippen LogP contribution in [0.2, 0.25) is 0 Å². The predicted octanol–water partition coefficient (Wildman–Crippen LogP) is 3.63. The second-order valence-corrected chi connectivity index (χ2v) is 11.6. The van der Waals surface area contributed by atoms with Crippen molar-refractivity contribution in [2.75, 3.05) is 20.2 Å². The second kappa shape index (κ2) is 6.28. The number of ether oxygens (including phenoxy) is 4. The van der Waals surface area contributed by atoms with Gasteiger partial charge in [-0.1, -0.05) is 33.3 Å². The molecule has 6 aliphatic rings. The fraction of sp³-hybridized carbons (Fsp3) is 0.840. The summed E-state index contributed by atoms with van der Waals surface area (Å²) in [4.78, 5) is 26.2. The number of carbonyl (C=O) groups excluding carboxylic acids is 2. The van der Waals surface area contributed by atoms with Gasteiger partial charge in [-0.2, -0.15) is 0 Å². The Bertz CT molecular complexity index is 868. The molecule has 0 N–H and O–H groups in total. The largest absolute Gasteiger partial charge is 0.350 e. The molecule has 2 heterocycles. The minimum atomic E-state index is -0.921. The van der Waals surface area contributed by atoms with E-state index in [4.69, 9.17) is 18.9 Å². The van der Waals surface area contributed by atoms with Crippen LogP contribution < -0.4 is 0 Å². The van der Waals surface area contributed by atoms with E-state index in [1.165, 1.54) is 5.57 Å². The second-order valence-electron chi connectivity index (χ2n) is 11.6. The molecule has 0 amide bonds. The molecular formula is C25H34O6. The number of rotatable bonds is 0. The third-order valence-electron chi connectivity index (χ3n) is 10.3. The molecule has 6 heteroatoms. The molecule has 0 aromatic heterocycles. The van der Waals surface area contributed by atoms with Crippen LogP contribution in [0.1, 0.15) is 59.8 Å². The average molecular weight is 431 g/mol. The topological polar surface area (TPSA) is 71.1 Å². The van der Waals surface area contributed by atoms with Gasteiger partial charge in [-0.15, -0.1) is 0 Å². The summed E-state index contributed by atoms with van der Waals surface area (Å²) in [7, 11) is 0. The van der Waals surface area contributed by atoms with E-state index in [1.807, 2.05) is 6.08 Å². The molecule has 31 heavy (non-hydrogen) atoms. The smallest absolute Gasteiger partial charge is 0.227 e. The van der Waals surface area contributed by atoms with Gasteiger partial charge in [-0.05, 0) is 54.4 Å². The van der Waals surface area contributed by atoms with Crippen LogP contribution in [0.5, 0.6) is 0 Å². The van der Waals surface area contributed by atoms with Gasteiger partial charge in [-0.25, -0.2) is 0 Å². The van der Waals surface area contributed by atoms with Gasteiger partial charge in [-0.3, -0.25) is 9.59 Å². The van der Waals surface area contributed by atoms with E-state index < -0.39 is 11.4 Å². The van der Waals surface area contributed by atoms with Crippen molar-refractivity contribution >= 4 is 11.6 Å². The van der Waals surface area contributed by atoms with E-state index in [9.17, 15) is 9.59 Å². The van der Waals surface area contributed by atoms with E-state index in [0.29, 0.717) is 43.0 Å². The Morgan fingerprint density at radius 2 is 1.81 bits per heavy atom. The molecule has 6 nitrogen and oxygen atoms in total. The molecule has 4 unspecified atom stereocenters. The average Bonchev–Trinajstić information content (AvgIpc) is 3.39. The van der Waals surface area contributed by atoms with Gasteiger partial charge >= 0.3 is 0 Å². The van der Waals surface area contributed by atoms with Gasteiger partial charge in [0.05, 0.1) is 0 Å².